The van der Waals surface area contributed by atoms with Crippen molar-refractivity contribution in [1.82, 2.24) is 10.6 Å². The molecule has 3 nitrogen and oxygen atoms in total. The molecule has 1 aromatic rings. The number of nitrogens with zero attached hydrogens (tertiary/aromatic N) is 1. The zero-order valence-corrected chi connectivity index (χ0v) is 13.7. The van der Waals surface area contributed by atoms with Crippen LogP contribution in [0.1, 0.15) is 37.7 Å². The van der Waals surface area contributed by atoms with E-state index in [0.29, 0.717) is 12.5 Å². The van der Waals surface area contributed by atoms with Crippen molar-refractivity contribution >= 4 is 5.96 Å². The third kappa shape index (κ3) is 5.11. The van der Waals surface area contributed by atoms with Crippen molar-refractivity contribution in [3.05, 3.63) is 35.6 Å². The molecule has 0 unspecified atom stereocenters. The number of rotatable bonds is 5. The van der Waals surface area contributed by atoms with E-state index >= 15 is 0 Å². The van der Waals surface area contributed by atoms with Crippen LogP contribution in [0, 0.1) is 5.82 Å². The summed E-state index contributed by atoms with van der Waals surface area (Å²) in [6, 6.07) is 6.49. The van der Waals surface area contributed by atoms with Crippen LogP contribution in [-0.2, 0) is 5.41 Å². The van der Waals surface area contributed by atoms with Crippen LogP contribution >= 0.6 is 0 Å². The Bertz CT molecular complexity index is 546. The maximum atomic E-state index is 13.2. The molecule has 1 saturated carbocycles. The van der Waals surface area contributed by atoms with Gasteiger partial charge in [0.05, 0.1) is 6.42 Å². The molecule has 0 radical (unpaired) electrons. The van der Waals surface area contributed by atoms with E-state index in [1.54, 1.807) is 12.1 Å². The number of hydrogen-bond acceptors (Lipinski definition) is 1. The van der Waals surface area contributed by atoms with Gasteiger partial charge in [-0.1, -0.05) is 25.0 Å². The zero-order chi connectivity index (χ0) is 17.6. The molecule has 1 aromatic carbocycles. The van der Waals surface area contributed by atoms with Crippen molar-refractivity contribution in [1.29, 1.82) is 0 Å². The molecular weight excluding hydrogens is 322 g/mol. The van der Waals surface area contributed by atoms with Crippen molar-refractivity contribution in [2.75, 3.05) is 20.1 Å². The van der Waals surface area contributed by atoms with Gasteiger partial charge in [-0.15, -0.1) is 0 Å². The van der Waals surface area contributed by atoms with Crippen LogP contribution in [-0.4, -0.2) is 32.3 Å². The molecule has 0 saturated heterocycles. The predicted molar refractivity (Wildman–Crippen MR) is 86.6 cm³/mol. The minimum absolute atomic E-state index is 0.130. The molecule has 1 fully saturated rings. The fraction of sp³-hybridized carbons (Fsp3) is 0.588. The maximum absolute atomic E-state index is 13.2. The normalized spacial score (nSPS) is 17.8. The van der Waals surface area contributed by atoms with E-state index in [-0.39, 0.29) is 17.8 Å². The number of hydrogen-bond donors (Lipinski definition) is 2. The molecule has 1 aliphatic carbocycles. The van der Waals surface area contributed by atoms with E-state index in [1.165, 1.54) is 19.2 Å². The van der Waals surface area contributed by atoms with Gasteiger partial charge in [-0.25, -0.2) is 4.39 Å². The third-order valence-corrected chi connectivity index (χ3v) is 4.54. The van der Waals surface area contributed by atoms with Crippen molar-refractivity contribution in [2.45, 2.75) is 43.7 Å². The van der Waals surface area contributed by atoms with E-state index in [4.69, 9.17) is 0 Å². The number of aliphatic imine (C=N–C) groups is 1. The molecule has 0 aliphatic heterocycles. The van der Waals surface area contributed by atoms with Crippen LogP contribution in [0.3, 0.4) is 0 Å². The molecule has 0 atom stereocenters. The van der Waals surface area contributed by atoms with Crippen molar-refractivity contribution < 1.29 is 17.6 Å². The average molecular weight is 345 g/mol. The molecule has 134 valence electrons. The third-order valence-electron chi connectivity index (χ3n) is 4.54. The Morgan fingerprint density at radius 1 is 1.12 bits per heavy atom. The van der Waals surface area contributed by atoms with Crippen LogP contribution in [0.2, 0.25) is 0 Å². The Kier molecular flexibility index (Phi) is 6.07. The second kappa shape index (κ2) is 7.85. The number of halogens is 4. The van der Waals surface area contributed by atoms with Crippen molar-refractivity contribution in [3.63, 3.8) is 0 Å². The molecule has 7 heteroatoms. The first-order valence-electron chi connectivity index (χ1n) is 8.12. The highest BCUT2D eigenvalue weighted by Gasteiger charge is 2.35. The van der Waals surface area contributed by atoms with Crippen LogP contribution in [0.4, 0.5) is 17.6 Å². The fourth-order valence-electron chi connectivity index (χ4n) is 3.22. The van der Waals surface area contributed by atoms with Gasteiger partial charge < -0.3 is 10.6 Å². The lowest BCUT2D eigenvalue weighted by Gasteiger charge is -2.31. The van der Waals surface area contributed by atoms with Crippen molar-refractivity contribution in [2.24, 2.45) is 4.99 Å². The van der Waals surface area contributed by atoms with E-state index in [0.717, 1.165) is 31.2 Å². The molecule has 0 aromatic heterocycles. The Labute approximate surface area is 139 Å². The quantitative estimate of drug-likeness (QED) is 0.484. The molecule has 24 heavy (non-hydrogen) atoms. The molecule has 0 amide bonds. The number of guanidine groups is 1. The summed E-state index contributed by atoms with van der Waals surface area (Å²) in [7, 11) is 1.53. The summed E-state index contributed by atoms with van der Waals surface area (Å²) in [6.07, 6.45) is -1.00. The van der Waals surface area contributed by atoms with Gasteiger partial charge in [-0.2, -0.15) is 13.2 Å². The molecule has 2 N–H and O–H groups in total. The first kappa shape index (κ1) is 18.5. The zero-order valence-electron chi connectivity index (χ0n) is 13.7. The van der Waals surface area contributed by atoms with Gasteiger partial charge >= 0.3 is 6.18 Å². The van der Waals surface area contributed by atoms with Crippen LogP contribution in [0.25, 0.3) is 0 Å². The smallest absolute Gasteiger partial charge is 0.356 e. The maximum Gasteiger partial charge on any atom is 0.390 e. The largest absolute Gasteiger partial charge is 0.390 e. The van der Waals surface area contributed by atoms with Gasteiger partial charge in [-0.05, 0) is 30.5 Å². The summed E-state index contributed by atoms with van der Waals surface area (Å²) in [4.78, 5) is 3.97. The highest BCUT2D eigenvalue weighted by Crippen LogP contribution is 2.40. The van der Waals surface area contributed by atoms with E-state index < -0.39 is 12.6 Å². The Morgan fingerprint density at radius 3 is 2.29 bits per heavy atom. The fourth-order valence-corrected chi connectivity index (χ4v) is 3.22. The minimum Gasteiger partial charge on any atom is -0.356 e. The first-order valence-corrected chi connectivity index (χ1v) is 8.12. The molecule has 2 rings (SSSR count). The number of benzene rings is 1. The highest BCUT2D eigenvalue weighted by molar-refractivity contribution is 5.79. The second-order valence-corrected chi connectivity index (χ2v) is 6.21. The van der Waals surface area contributed by atoms with Gasteiger partial charge in [0, 0.05) is 25.6 Å². The molecule has 0 heterocycles. The lowest BCUT2D eigenvalue weighted by atomic mass is 9.79. The predicted octanol–water partition coefficient (Wildman–Crippen LogP) is 3.75. The SMILES string of the molecule is CN=C(NCCC(F)(F)F)NCC1(c2ccc(F)cc2)CCCC1. The van der Waals surface area contributed by atoms with Gasteiger partial charge in [-0.3, -0.25) is 4.99 Å². The highest BCUT2D eigenvalue weighted by atomic mass is 19.4. The topological polar surface area (TPSA) is 36.4 Å². The van der Waals surface area contributed by atoms with Gasteiger partial charge in [0.25, 0.3) is 0 Å². The van der Waals surface area contributed by atoms with E-state index in [2.05, 4.69) is 15.6 Å². The van der Waals surface area contributed by atoms with Gasteiger partial charge in [0.2, 0.25) is 0 Å². The molecule has 0 bridgehead atoms. The summed E-state index contributed by atoms with van der Waals surface area (Å²) in [5.74, 6) is 0.0807. The summed E-state index contributed by atoms with van der Waals surface area (Å²) in [5, 5.41) is 5.82. The van der Waals surface area contributed by atoms with Crippen molar-refractivity contribution in [3.8, 4) is 0 Å². The minimum atomic E-state index is -4.19. The van der Waals surface area contributed by atoms with Crippen LogP contribution in [0.15, 0.2) is 29.3 Å². The standard InChI is InChI=1S/C17H23F4N3/c1-22-15(23-11-10-17(19,20)21)24-12-16(8-2-3-9-16)13-4-6-14(18)7-5-13/h4-7H,2-3,8-12H2,1H3,(H2,22,23,24). The summed E-state index contributed by atoms with van der Waals surface area (Å²) < 4.78 is 49.8. The van der Waals surface area contributed by atoms with Crippen LogP contribution in [0.5, 0.6) is 0 Å². The van der Waals surface area contributed by atoms with E-state index in [9.17, 15) is 17.6 Å². The van der Waals surface area contributed by atoms with Crippen LogP contribution < -0.4 is 10.6 Å². The molecule has 0 spiro atoms. The molecular formula is C17H23F4N3. The van der Waals surface area contributed by atoms with E-state index in [1.807, 2.05) is 0 Å². The Morgan fingerprint density at radius 2 is 1.75 bits per heavy atom. The number of nitrogens with one attached hydrogen (secondary N) is 2. The average Bonchev–Trinajstić information content (AvgIpc) is 3.00. The summed E-state index contributed by atoms with van der Waals surface area (Å²) in [5.41, 5.74) is 0.926. The lowest BCUT2D eigenvalue weighted by Crippen LogP contribution is -2.45. The summed E-state index contributed by atoms with van der Waals surface area (Å²) >= 11 is 0. The summed E-state index contributed by atoms with van der Waals surface area (Å²) in [6.45, 7) is 0.344. The monoisotopic (exact) mass is 345 g/mol. The second-order valence-electron chi connectivity index (χ2n) is 6.21. The molecule has 1 aliphatic rings. The van der Waals surface area contributed by atoms with Gasteiger partial charge in [0.1, 0.15) is 5.82 Å². The Hall–Kier alpha value is -1.79. The number of alkyl halides is 3. The first-order chi connectivity index (χ1) is 11.3. The lowest BCUT2D eigenvalue weighted by molar-refractivity contribution is -0.132. The Balaban J connectivity index is 1.96. The van der Waals surface area contributed by atoms with Gasteiger partial charge in [0.15, 0.2) is 5.96 Å².